The lowest BCUT2D eigenvalue weighted by atomic mass is 9.81. The number of anilines is 1. The van der Waals surface area contributed by atoms with Crippen LogP contribution in [0.25, 0.3) is 22.2 Å². The van der Waals surface area contributed by atoms with Crippen molar-refractivity contribution >= 4 is 39.9 Å². The highest BCUT2D eigenvalue weighted by Gasteiger charge is 2.40. The Balaban J connectivity index is 1.48. The van der Waals surface area contributed by atoms with Crippen molar-refractivity contribution in [1.29, 1.82) is 5.26 Å². The van der Waals surface area contributed by atoms with Gasteiger partial charge in [0.15, 0.2) is 17.7 Å². The van der Waals surface area contributed by atoms with Crippen LogP contribution in [-0.2, 0) is 4.74 Å². The third-order valence-corrected chi connectivity index (χ3v) is 8.97. The lowest BCUT2D eigenvalue weighted by Gasteiger charge is -2.49. The van der Waals surface area contributed by atoms with Crippen LogP contribution in [0.4, 0.5) is 5.82 Å². The number of nitriles is 1. The van der Waals surface area contributed by atoms with E-state index >= 15 is 0 Å². The summed E-state index contributed by atoms with van der Waals surface area (Å²) in [5.41, 5.74) is 3.39. The predicted octanol–water partition coefficient (Wildman–Crippen LogP) is 6.57. The molecule has 3 aromatic heterocycles. The van der Waals surface area contributed by atoms with E-state index in [1.807, 2.05) is 36.9 Å². The molecule has 0 saturated carbocycles. The summed E-state index contributed by atoms with van der Waals surface area (Å²) in [5.74, 6) is 1.67. The lowest BCUT2D eigenvalue weighted by molar-refractivity contribution is -0.0365. The Hall–Kier alpha value is -3.62. The standard InChI is InChI=1S/C32H35Cl2N7O3/c1-19(29-23(33)14-37-15-24(29)34)44-27-11-21-25(12-26(27)42-4)41(28-7-5-6-10-43-28)39-30(21)20-8-9-38-31(22(20)13-35)40-17-32(2,18-40)16-36-3/h8-9,11-12,14-15,19,28,36H,5-7,10,16-18H2,1-4H3/t19-,28?/m1/s1. The molecule has 4 aromatic rings. The second-order valence-corrected chi connectivity index (χ2v) is 12.6. The van der Waals surface area contributed by atoms with Crippen molar-refractivity contribution in [3.63, 3.8) is 0 Å². The molecule has 0 bridgehead atoms. The first-order valence-corrected chi connectivity index (χ1v) is 15.5. The van der Waals surface area contributed by atoms with Crippen molar-refractivity contribution < 1.29 is 14.2 Å². The van der Waals surface area contributed by atoms with Gasteiger partial charge in [0.2, 0.25) is 0 Å². The van der Waals surface area contributed by atoms with Crippen LogP contribution < -0.4 is 19.7 Å². The Morgan fingerprint density at radius 3 is 2.64 bits per heavy atom. The molecule has 0 amide bonds. The van der Waals surface area contributed by atoms with Crippen LogP contribution in [0.2, 0.25) is 10.0 Å². The molecule has 2 atom stereocenters. The number of aromatic nitrogens is 4. The van der Waals surface area contributed by atoms with Gasteiger partial charge in [-0.3, -0.25) is 4.98 Å². The minimum Gasteiger partial charge on any atom is -0.493 e. The van der Waals surface area contributed by atoms with Crippen molar-refractivity contribution in [3.05, 3.63) is 58.0 Å². The van der Waals surface area contributed by atoms with Crippen LogP contribution >= 0.6 is 23.2 Å². The maximum Gasteiger partial charge on any atom is 0.162 e. The molecule has 230 valence electrons. The molecule has 2 saturated heterocycles. The monoisotopic (exact) mass is 635 g/mol. The van der Waals surface area contributed by atoms with Crippen LogP contribution in [0, 0.1) is 16.7 Å². The van der Waals surface area contributed by atoms with Gasteiger partial charge in [0.25, 0.3) is 0 Å². The van der Waals surface area contributed by atoms with E-state index in [0.717, 1.165) is 49.8 Å². The Bertz CT molecular complexity index is 1710. The molecule has 12 heteroatoms. The normalized spacial score (nSPS) is 18.5. The predicted molar refractivity (Wildman–Crippen MR) is 171 cm³/mol. The third kappa shape index (κ3) is 5.54. The van der Waals surface area contributed by atoms with Gasteiger partial charge in [-0.05, 0) is 45.4 Å². The van der Waals surface area contributed by atoms with Crippen LogP contribution in [0.1, 0.15) is 56.6 Å². The third-order valence-electron chi connectivity index (χ3n) is 8.37. The summed E-state index contributed by atoms with van der Waals surface area (Å²) in [6.45, 7) is 7.26. The topological polar surface area (TPSA) is 110 Å². The second kappa shape index (κ2) is 12.4. The van der Waals surface area contributed by atoms with Crippen LogP contribution in [0.5, 0.6) is 11.5 Å². The number of pyridine rings is 2. The maximum atomic E-state index is 10.5. The zero-order valence-electron chi connectivity index (χ0n) is 25.2. The minimum atomic E-state index is -0.509. The largest absolute Gasteiger partial charge is 0.493 e. The van der Waals surface area contributed by atoms with Gasteiger partial charge >= 0.3 is 0 Å². The average Bonchev–Trinajstić information content (AvgIpc) is 3.37. The Morgan fingerprint density at radius 1 is 1.20 bits per heavy atom. The Morgan fingerprint density at radius 2 is 1.98 bits per heavy atom. The Kier molecular flexibility index (Phi) is 8.57. The van der Waals surface area contributed by atoms with E-state index in [1.165, 1.54) is 0 Å². The van der Waals surface area contributed by atoms with Gasteiger partial charge in [-0.1, -0.05) is 30.1 Å². The minimum absolute atomic E-state index is 0.117. The van der Waals surface area contributed by atoms with E-state index in [-0.39, 0.29) is 11.6 Å². The van der Waals surface area contributed by atoms with Gasteiger partial charge in [-0.15, -0.1) is 0 Å². The molecule has 2 fully saturated rings. The first kappa shape index (κ1) is 30.4. The van der Waals surface area contributed by atoms with Crippen molar-refractivity contribution in [2.24, 2.45) is 5.41 Å². The summed E-state index contributed by atoms with van der Waals surface area (Å²) in [5, 5.41) is 20.4. The fourth-order valence-corrected chi connectivity index (χ4v) is 7.02. The number of nitrogens with one attached hydrogen (secondary N) is 1. The van der Waals surface area contributed by atoms with Crippen LogP contribution in [-0.4, -0.2) is 60.1 Å². The number of rotatable bonds is 9. The zero-order valence-corrected chi connectivity index (χ0v) is 26.7. The number of hydrogen-bond donors (Lipinski definition) is 1. The molecule has 0 spiro atoms. The number of ether oxygens (including phenoxy) is 3. The molecule has 10 nitrogen and oxygen atoms in total. The average molecular weight is 637 g/mol. The second-order valence-electron chi connectivity index (χ2n) is 11.8. The van der Waals surface area contributed by atoms with Gasteiger partial charge in [-0.2, -0.15) is 10.4 Å². The molecule has 1 N–H and O–H groups in total. The van der Waals surface area contributed by atoms with Crippen molar-refractivity contribution in [2.75, 3.05) is 45.3 Å². The fourth-order valence-electron chi connectivity index (χ4n) is 6.35. The van der Waals surface area contributed by atoms with Crippen molar-refractivity contribution in [3.8, 4) is 28.8 Å². The van der Waals surface area contributed by atoms with E-state index in [0.29, 0.717) is 56.4 Å². The summed E-state index contributed by atoms with van der Waals surface area (Å²) in [6.07, 6.45) is 6.96. The van der Waals surface area contributed by atoms with Crippen LogP contribution in [0.3, 0.4) is 0 Å². The van der Waals surface area contributed by atoms with Gasteiger partial charge in [0.1, 0.15) is 29.2 Å². The van der Waals surface area contributed by atoms with E-state index in [2.05, 4.69) is 33.2 Å². The quantitative estimate of drug-likeness (QED) is 0.218. The van der Waals surface area contributed by atoms with Gasteiger partial charge in [0, 0.05) is 72.8 Å². The maximum absolute atomic E-state index is 10.5. The number of hydrogen-bond acceptors (Lipinski definition) is 9. The van der Waals surface area contributed by atoms with Gasteiger partial charge in [0.05, 0.1) is 22.7 Å². The van der Waals surface area contributed by atoms with Gasteiger partial charge < -0.3 is 24.4 Å². The van der Waals surface area contributed by atoms with Crippen LogP contribution in [0.15, 0.2) is 36.8 Å². The molecule has 2 aliphatic heterocycles. The lowest BCUT2D eigenvalue weighted by Crippen LogP contribution is -2.59. The first-order chi connectivity index (χ1) is 21.3. The summed E-state index contributed by atoms with van der Waals surface area (Å²) in [6, 6.07) is 8.11. The van der Waals surface area contributed by atoms with E-state index in [9.17, 15) is 5.26 Å². The molecule has 0 aliphatic carbocycles. The van der Waals surface area contributed by atoms with Crippen molar-refractivity contribution in [1.82, 2.24) is 25.1 Å². The molecule has 2 aliphatic rings. The highest BCUT2D eigenvalue weighted by Crippen LogP contribution is 2.44. The molecular formula is C32H35Cl2N7O3. The summed E-state index contributed by atoms with van der Waals surface area (Å²) >= 11 is 12.9. The highest BCUT2D eigenvalue weighted by atomic mass is 35.5. The zero-order chi connectivity index (χ0) is 31.0. The number of benzene rings is 1. The number of halogens is 2. The first-order valence-electron chi connectivity index (χ1n) is 14.7. The SMILES string of the molecule is CNCC1(C)CN(c2nccc(-c3nn(C4CCCCO4)c4cc(OC)c(O[C@H](C)c5c(Cl)cncc5Cl)cc34)c2C#N)C1. The number of methoxy groups -OCH3 is 1. The molecule has 44 heavy (non-hydrogen) atoms. The van der Waals surface area contributed by atoms with Gasteiger partial charge in [-0.25, -0.2) is 9.67 Å². The fraction of sp³-hybridized carbons (Fsp3) is 0.438. The molecule has 1 unspecified atom stereocenters. The summed E-state index contributed by atoms with van der Waals surface area (Å²) < 4.78 is 20.3. The summed E-state index contributed by atoms with van der Waals surface area (Å²) in [4.78, 5) is 10.9. The number of fused-ring (bicyclic) bond motifs is 1. The van der Waals surface area contributed by atoms with E-state index in [4.69, 9.17) is 42.5 Å². The summed E-state index contributed by atoms with van der Waals surface area (Å²) in [7, 11) is 3.56. The molecule has 6 rings (SSSR count). The Labute approximate surface area is 266 Å². The molecule has 1 aromatic carbocycles. The smallest absolute Gasteiger partial charge is 0.162 e. The highest BCUT2D eigenvalue weighted by molar-refractivity contribution is 6.35. The number of nitrogens with zero attached hydrogens (tertiary/aromatic N) is 6. The molecular weight excluding hydrogens is 601 g/mol. The van der Waals surface area contributed by atoms with Crippen molar-refractivity contribution in [2.45, 2.75) is 45.4 Å². The molecule has 0 radical (unpaired) electrons. The van der Waals surface area contributed by atoms with E-state index in [1.54, 1.807) is 25.7 Å². The molecule has 5 heterocycles. The van der Waals surface area contributed by atoms with E-state index < -0.39 is 6.10 Å².